The molecule has 0 heterocycles. The van der Waals surface area contributed by atoms with Crippen molar-refractivity contribution in [2.75, 3.05) is 6.61 Å². The van der Waals surface area contributed by atoms with Gasteiger partial charge < -0.3 is 10.1 Å². The molecule has 4 heteroatoms. The molecule has 1 amide bonds. The number of rotatable bonds is 7. The Hall–Kier alpha value is -3.40. The van der Waals surface area contributed by atoms with Gasteiger partial charge in [0.1, 0.15) is 5.75 Å². The summed E-state index contributed by atoms with van der Waals surface area (Å²) in [4.78, 5) is 16.4. The molecule has 4 nitrogen and oxygen atoms in total. The third-order valence-corrected chi connectivity index (χ3v) is 4.44. The fourth-order valence-electron chi connectivity index (χ4n) is 2.60. The van der Waals surface area contributed by atoms with E-state index in [0.717, 1.165) is 16.8 Å². The molecule has 3 aromatic rings. The van der Waals surface area contributed by atoms with Gasteiger partial charge >= 0.3 is 0 Å². The Balaban J connectivity index is 1.48. The average molecular weight is 372 g/mol. The average Bonchev–Trinajstić information content (AvgIpc) is 2.73. The number of nitrogens with one attached hydrogen (secondary N) is 1. The number of nitrogens with zero attached hydrogens (tertiary/aromatic N) is 1. The van der Waals surface area contributed by atoms with E-state index in [1.165, 1.54) is 11.1 Å². The number of hydrogen-bond acceptors (Lipinski definition) is 3. The molecule has 0 aliphatic carbocycles. The highest BCUT2D eigenvalue weighted by molar-refractivity contribution is 5.82. The summed E-state index contributed by atoms with van der Waals surface area (Å²) in [6.07, 6.45) is 1.82. The van der Waals surface area contributed by atoms with Gasteiger partial charge in [-0.05, 0) is 72.5 Å². The fraction of sp³-hybridized carbons (Fsp3) is 0.167. The smallest absolute Gasteiger partial charge is 0.258 e. The van der Waals surface area contributed by atoms with Crippen LogP contribution in [-0.2, 0) is 11.3 Å². The zero-order chi connectivity index (χ0) is 19.8. The van der Waals surface area contributed by atoms with E-state index in [4.69, 9.17) is 4.74 Å². The van der Waals surface area contributed by atoms with Crippen LogP contribution in [0.1, 0.15) is 22.3 Å². The molecule has 0 atom stereocenters. The highest BCUT2D eigenvalue weighted by Gasteiger charge is 2.03. The predicted octanol–water partition coefficient (Wildman–Crippen LogP) is 4.75. The van der Waals surface area contributed by atoms with E-state index in [9.17, 15) is 4.79 Å². The number of carbonyl (C=O) groups excluding carboxylic acids is 1. The molecular formula is C24H24N2O2. The molecular weight excluding hydrogens is 348 g/mol. The maximum absolute atomic E-state index is 11.9. The van der Waals surface area contributed by atoms with Gasteiger partial charge in [-0.2, -0.15) is 0 Å². The number of hydrogen-bond donors (Lipinski definition) is 1. The molecule has 0 aliphatic heterocycles. The summed E-state index contributed by atoms with van der Waals surface area (Å²) >= 11 is 0. The first-order valence-corrected chi connectivity index (χ1v) is 9.25. The molecule has 0 saturated carbocycles. The van der Waals surface area contributed by atoms with Crippen molar-refractivity contribution >= 4 is 17.8 Å². The molecule has 0 saturated heterocycles. The summed E-state index contributed by atoms with van der Waals surface area (Å²) in [5.41, 5.74) is 5.44. The topological polar surface area (TPSA) is 50.7 Å². The maximum atomic E-state index is 11.9. The number of ether oxygens (including phenoxy) is 1. The molecule has 0 spiro atoms. The van der Waals surface area contributed by atoms with Gasteiger partial charge in [-0.25, -0.2) is 0 Å². The van der Waals surface area contributed by atoms with Crippen LogP contribution in [0, 0.1) is 13.8 Å². The molecule has 0 unspecified atom stereocenters. The SMILES string of the molecule is Cc1ccc(N=Cc2ccc(OCC(=O)NCc3ccccc3)cc2)cc1C. The Kier molecular flexibility index (Phi) is 6.58. The Morgan fingerprint density at radius 3 is 2.43 bits per heavy atom. The third kappa shape index (κ3) is 5.81. The van der Waals surface area contributed by atoms with Crippen LogP contribution in [0.3, 0.4) is 0 Å². The second-order valence-corrected chi connectivity index (χ2v) is 6.65. The monoisotopic (exact) mass is 372 g/mol. The lowest BCUT2D eigenvalue weighted by Gasteiger charge is -2.08. The second kappa shape index (κ2) is 9.51. The van der Waals surface area contributed by atoms with E-state index in [2.05, 4.69) is 36.3 Å². The molecule has 3 aromatic carbocycles. The van der Waals surface area contributed by atoms with Crippen LogP contribution in [-0.4, -0.2) is 18.7 Å². The predicted molar refractivity (Wildman–Crippen MR) is 113 cm³/mol. The Labute approximate surface area is 165 Å². The number of benzene rings is 3. The Bertz CT molecular complexity index is 948. The van der Waals surface area contributed by atoms with E-state index in [1.807, 2.05) is 66.9 Å². The van der Waals surface area contributed by atoms with Crippen LogP contribution in [0.5, 0.6) is 5.75 Å². The minimum atomic E-state index is -0.149. The standard InChI is InChI=1S/C24H24N2O2/c1-18-8-11-22(14-19(18)2)25-15-21-9-12-23(13-10-21)28-17-24(27)26-16-20-6-4-3-5-7-20/h3-15H,16-17H2,1-2H3,(H,26,27). The van der Waals surface area contributed by atoms with Crippen LogP contribution in [0.4, 0.5) is 5.69 Å². The first kappa shape index (κ1) is 19.4. The lowest BCUT2D eigenvalue weighted by Crippen LogP contribution is -2.28. The summed E-state index contributed by atoms with van der Waals surface area (Å²) in [7, 11) is 0. The molecule has 0 aliphatic rings. The van der Waals surface area contributed by atoms with Crippen molar-refractivity contribution in [2.24, 2.45) is 4.99 Å². The van der Waals surface area contributed by atoms with Crippen molar-refractivity contribution in [3.8, 4) is 5.75 Å². The fourth-order valence-corrected chi connectivity index (χ4v) is 2.60. The van der Waals surface area contributed by atoms with Crippen molar-refractivity contribution in [2.45, 2.75) is 20.4 Å². The summed E-state index contributed by atoms with van der Waals surface area (Å²) < 4.78 is 5.55. The zero-order valence-corrected chi connectivity index (χ0v) is 16.2. The first-order valence-electron chi connectivity index (χ1n) is 9.25. The van der Waals surface area contributed by atoms with Gasteiger partial charge in [0.2, 0.25) is 0 Å². The molecule has 0 aromatic heterocycles. The third-order valence-electron chi connectivity index (χ3n) is 4.44. The summed E-state index contributed by atoms with van der Waals surface area (Å²) in [5.74, 6) is 0.502. The Morgan fingerprint density at radius 1 is 0.964 bits per heavy atom. The van der Waals surface area contributed by atoms with Crippen LogP contribution in [0.25, 0.3) is 0 Å². The lowest BCUT2D eigenvalue weighted by molar-refractivity contribution is -0.123. The minimum Gasteiger partial charge on any atom is -0.484 e. The van der Waals surface area contributed by atoms with Crippen molar-refractivity contribution in [1.82, 2.24) is 5.32 Å². The van der Waals surface area contributed by atoms with Gasteiger partial charge in [-0.1, -0.05) is 36.4 Å². The molecule has 3 rings (SSSR count). The molecule has 0 bridgehead atoms. The van der Waals surface area contributed by atoms with Gasteiger partial charge in [0.05, 0.1) is 5.69 Å². The van der Waals surface area contributed by atoms with Crippen LogP contribution >= 0.6 is 0 Å². The summed E-state index contributed by atoms with van der Waals surface area (Å²) in [5, 5.41) is 2.84. The number of aryl methyl sites for hydroxylation is 2. The normalized spacial score (nSPS) is 10.8. The van der Waals surface area contributed by atoms with E-state index in [1.54, 1.807) is 0 Å². The molecule has 0 fully saturated rings. The van der Waals surface area contributed by atoms with Crippen molar-refractivity contribution in [3.05, 3.63) is 95.1 Å². The minimum absolute atomic E-state index is 0.0110. The lowest BCUT2D eigenvalue weighted by atomic mass is 10.1. The molecule has 0 radical (unpaired) electrons. The molecule has 142 valence electrons. The summed E-state index contributed by atoms with van der Waals surface area (Å²) in [6, 6.07) is 23.4. The largest absolute Gasteiger partial charge is 0.484 e. The second-order valence-electron chi connectivity index (χ2n) is 6.65. The van der Waals surface area contributed by atoms with Crippen molar-refractivity contribution in [1.29, 1.82) is 0 Å². The number of amides is 1. The van der Waals surface area contributed by atoms with Crippen LogP contribution < -0.4 is 10.1 Å². The highest BCUT2D eigenvalue weighted by atomic mass is 16.5. The van der Waals surface area contributed by atoms with Gasteiger partial charge in [-0.3, -0.25) is 9.79 Å². The van der Waals surface area contributed by atoms with Gasteiger partial charge in [0.15, 0.2) is 6.61 Å². The van der Waals surface area contributed by atoms with E-state index in [-0.39, 0.29) is 12.5 Å². The van der Waals surface area contributed by atoms with Crippen molar-refractivity contribution < 1.29 is 9.53 Å². The summed E-state index contributed by atoms with van der Waals surface area (Å²) in [6.45, 7) is 4.65. The number of carbonyl (C=O) groups is 1. The van der Waals surface area contributed by atoms with Gasteiger partial charge in [0.25, 0.3) is 5.91 Å². The highest BCUT2D eigenvalue weighted by Crippen LogP contribution is 2.17. The van der Waals surface area contributed by atoms with Crippen molar-refractivity contribution in [3.63, 3.8) is 0 Å². The molecule has 1 N–H and O–H groups in total. The number of aliphatic imine (C=N–C) groups is 1. The van der Waals surface area contributed by atoms with E-state index < -0.39 is 0 Å². The van der Waals surface area contributed by atoms with Crippen LogP contribution in [0.2, 0.25) is 0 Å². The maximum Gasteiger partial charge on any atom is 0.258 e. The first-order chi connectivity index (χ1) is 13.6. The Morgan fingerprint density at radius 2 is 1.71 bits per heavy atom. The van der Waals surface area contributed by atoms with Gasteiger partial charge in [0, 0.05) is 12.8 Å². The zero-order valence-electron chi connectivity index (χ0n) is 16.2. The quantitative estimate of drug-likeness (QED) is 0.609. The van der Waals surface area contributed by atoms with E-state index in [0.29, 0.717) is 12.3 Å². The van der Waals surface area contributed by atoms with Crippen LogP contribution in [0.15, 0.2) is 77.8 Å². The van der Waals surface area contributed by atoms with E-state index >= 15 is 0 Å². The molecule has 28 heavy (non-hydrogen) atoms. The van der Waals surface area contributed by atoms with Gasteiger partial charge in [-0.15, -0.1) is 0 Å².